The van der Waals surface area contributed by atoms with E-state index in [1.54, 1.807) is 0 Å². The van der Waals surface area contributed by atoms with Gasteiger partial charge < -0.3 is 11.1 Å². The quantitative estimate of drug-likeness (QED) is 0.877. The molecular formula is C17H18N2O. The fourth-order valence-corrected chi connectivity index (χ4v) is 2.63. The lowest BCUT2D eigenvalue weighted by atomic mass is 9.84. The molecule has 0 fully saturated rings. The molecule has 0 aliphatic carbocycles. The lowest BCUT2D eigenvalue weighted by Gasteiger charge is -2.16. The highest BCUT2D eigenvalue weighted by molar-refractivity contribution is 6.06. The lowest BCUT2D eigenvalue weighted by Crippen LogP contribution is -2.26. The molecule has 3 nitrogen and oxygen atoms in total. The first kappa shape index (κ1) is 12.9. The number of benzene rings is 2. The Hall–Kier alpha value is -2.13. The third kappa shape index (κ3) is 1.91. The van der Waals surface area contributed by atoms with Crippen molar-refractivity contribution in [3.05, 3.63) is 53.6 Å². The van der Waals surface area contributed by atoms with Crippen molar-refractivity contribution < 1.29 is 4.79 Å². The smallest absolute Gasteiger partial charge is 0.234 e. The normalized spacial score (nSPS) is 15.8. The molecule has 102 valence electrons. The van der Waals surface area contributed by atoms with Gasteiger partial charge in [-0.3, -0.25) is 4.79 Å². The highest BCUT2D eigenvalue weighted by atomic mass is 16.2. The summed E-state index contributed by atoms with van der Waals surface area (Å²) in [6.07, 6.45) is 0. The Morgan fingerprint density at radius 1 is 1.10 bits per heavy atom. The van der Waals surface area contributed by atoms with Crippen molar-refractivity contribution in [3.8, 4) is 11.1 Å². The van der Waals surface area contributed by atoms with Crippen LogP contribution in [0.4, 0.5) is 5.69 Å². The van der Waals surface area contributed by atoms with Gasteiger partial charge in [0, 0.05) is 12.2 Å². The van der Waals surface area contributed by atoms with E-state index in [4.69, 9.17) is 5.73 Å². The maximum atomic E-state index is 12.0. The van der Waals surface area contributed by atoms with Crippen molar-refractivity contribution in [2.75, 3.05) is 5.32 Å². The zero-order valence-electron chi connectivity index (χ0n) is 11.7. The highest BCUT2D eigenvalue weighted by Gasteiger charge is 2.38. The Kier molecular flexibility index (Phi) is 2.87. The molecule has 1 aliphatic rings. The monoisotopic (exact) mass is 266 g/mol. The van der Waals surface area contributed by atoms with Gasteiger partial charge >= 0.3 is 0 Å². The minimum absolute atomic E-state index is 0.0559. The van der Waals surface area contributed by atoms with E-state index in [1.807, 2.05) is 38.1 Å². The van der Waals surface area contributed by atoms with E-state index in [1.165, 1.54) is 0 Å². The first-order valence-corrected chi connectivity index (χ1v) is 6.78. The number of nitrogens with one attached hydrogen (secondary N) is 1. The standard InChI is InChI=1S/C17H18N2O/c1-17(2)14-9-13(6-7-15(14)19-16(17)20)12-5-3-4-11(8-12)10-18/h3-9H,10,18H2,1-2H3,(H,19,20). The molecular weight excluding hydrogens is 248 g/mol. The largest absolute Gasteiger partial charge is 0.326 e. The molecule has 1 amide bonds. The van der Waals surface area contributed by atoms with Crippen LogP contribution in [-0.2, 0) is 16.8 Å². The second-order valence-corrected chi connectivity index (χ2v) is 5.74. The van der Waals surface area contributed by atoms with Crippen LogP contribution in [-0.4, -0.2) is 5.91 Å². The predicted molar refractivity (Wildman–Crippen MR) is 81.4 cm³/mol. The highest BCUT2D eigenvalue weighted by Crippen LogP contribution is 2.39. The SMILES string of the molecule is CC1(C)C(=O)Nc2ccc(-c3cccc(CN)c3)cc21. The molecule has 0 bridgehead atoms. The van der Waals surface area contributed by atoms with Crippen molar-refractivity contribution in [1.82, 2.24) is 0 Å². The molecule has 0 saturated heterocycles. The summed E-state index contributed by atoms with van der Waals surface area (Å²) in [5, 5.41) is 2.93. The summed E-state index contributed by atoms with van der Waals surface area (Å²) in [5.74, 6) is 0.0559. The van der Waals surface area contributed by atoms with Gasteiger partial charge in [-0.05, 0) is 54.3 Å². The van der Waals surface area contributed by atoms with E-state index >= 15 is 0 Å². The summed E-state index contributed by atoms with van der Waals surface area (Å²) in [7, 11) is 0. The van der Waals surface area contributed by atoms with Crippen LogP contribution < -0.4 is 11.1 Å². The Labute approximate surface area is 118 Å². The number of anilines is 1. The van der Waals surface area contributed by atoms with Crippen LogP contribution in [0, 0.1) is 0 Å². The van der Waals surface area contributed by atoms with Gasteiger partial charge in [-0.1, -0.05) is 24.3 Å². The number of carbonyl (C=O) groups excluding carboxylic acids is 1. The number of fused-ring (bicyclic) bond motifs is 1. The van der Waals surface area contributed by atoms with Crippen molar-refractivity contribution in [2.24, 2.45) is 5.73 Å². The van der Waals surface area contributed by atoms with E-state index in [9.17, 15) is 4.79 Å². The first-order valence-electron chi connectivity index (χ1n) is 6.78. The molecule has 0 atom stereocenters. The maximum absolute atomic E-state index is 12.0. The number of hydrogen-bond donors (Lipinski definition) is 2. The first-order chi connectivity index (χ1) is 9.52. The van der Waals surface area contributed by atoms with E-state index in [-0.39, 0.29) is 5.91 Å². The molecule has 0 saturated carbocycles. The van der Waals surface area contributed by atoms with Gasteiger partial charge in [0.05, 0.1) is 5.41 Å². The zero-order chi connectivity index (χ0) is 14.3. The van der Waals surface area contributed by atoms with Crippen LogP contribution in [0.3, 0.4) is 0 Å². The summed E-state index contributed by atoms with van der Waals surface area (Å²) < 4.78 is 0. The fraction of sp³-hybridized carbons (Fsp3) is 0.235. The van der Waals surface area contributed by atoms with Gasteiger partial charge in [0.2, 0.25) is 5.91 Å². The number of hydrogen-bond acceptors (Lipinski definition) is 2. The summed E-state index contributed by atoms with van der Waals surface area (Å²) in [5.41, 5.74) is 10.5. The van der Waals surface area contributed by atoms with Crippen molar-refractivity contribution in [1.29, 1.82) is 0 Å². The molecule has 3 rings (SSSR count). The van der Waals surface area contributed by atoms with Crippen LogP contribution in [0.25, 0.3) is 11.1 Å². The number of rotatable bonds is 2. The summed E-state index contributed by atoms with van der Waals surface area (Å²) >= 11 is 0. The molecule has 0 unspecified atom stereocenters. The molecule has 0 spiro atoms. The van der Waals surface area contributed by atoms with Crippen LogP contribution in [0.2, 0.25) is 0 Å². The van der Waals surface area contributed by atoms with Crippen LogP contribution in [0.15, 0.2) is 42.5 Å². The number of nitrogens with two attached hydrogens (primary N) is 1. The Morgan fingerprint density at radius 3 is 2.60 bits per heavy atom. The van der Waals surface area contributed by atoms with Crippen LogP contribution >= 0.6 is 0 Å². The molecule has 20 heavy (non-hydrogen) atoms. The zero-order valence-corrected chi connectivity index (χ0v) is 11.7. The van der Waals surface area contributed by atoms with Gasteiger partial charge in [-0.25, -0.2) is 0 Å². The minimum Gasteiger partial charge on any atom is -0.326 e. The van der Waals surface area contributed by atoms with Gasteiger partial charge in [0.15, 0.2) is 0 Å². The van der Waals surface area contributed by atoms with E-state index in [0.29, 0.717) is 6.54 Å². The third-order valence-electron chi connectivity index (χ3n) is 4.00. The summed E-state index contributed by atoms with van der Waals surface area (Å²) in [6, 6.07) is 14.3. The minimum atomic E-state index is -0.475. The molecule has 1 aliphatic heterocycles. The maximum Gasteiger partial charge on any atom is 0.234 e. The van der Waals surface area contributed by atoms with Crippen molar-refractivity contribution >= 4 is 11.6 Å². The van der Waals surface area contributed by atoms with E-state index in [0.717, 1.165) is 27.9 Å². The van der Waals surface area contributed by atoms with Gasteiger partial charge in [-0.15, -0.1) is 0 Å². The molecule has 3 N–H and O–H groups in total. The summed E-state index contributed by atoms with van der Waals surface area (Å²) in [4.78, 5) is 12.0. The number of amides is 1. The second-order valence-electron chi connectivity index (χ2n) is 5.74. The fourth-order valence-electron chi connectivity index (χ4n) is 2.63. The number of carbonyl (C=O) groups is 1. The lowest BCUT2D eigenvalue weighted by molar-refractivity contribution is -0.119. The average Bonchev–Trinajstić information content (AvgIpc) is 2.69. The molecule has 0 aromatic heterocycles. The van der Waals surface area contributed by atoms with Crippen molar-refractivity contribution in [2.45, 2.75) is 25.8 Å². The summed E-state index contributed by atoms with van der Waals surface area (Å²) in [6.45, 7) is 4.44. The van der Waals surface area contributed by atoms with Crippen LogP contribution in [0.5, 0.6) is 0 Å². The van der Waals surface area contributed by atoms with Gasteiger partial charge in [-0.2, -0.15) is 0 Å². The Morgan fingerprint density at radius 2 is 1.85 bits per heavy atom. The predicted octanol–water partition coefficient (Wildman–Crippen LogP) is 3.04. The molecule has 0 radical (unpaired) electrons. The third-order valence-corrected chi connectivity index (χ3v) is 4.00. The van der Waals surface area contributed by atoms with E-state index in [2.05, 4.69) is 23.5 Å². The molecule has 3 heteroatoms. The van der Waals surface area contributed by atoms with Crippen LogP contribution in [0.1, 0.15) is 25.0 Å². The van der Waals surface area contributed by atoms with Gasteiger partial charge in [0.25, 0.3) is 0 Å². The molecule has 2 aromatic carbocycles. The van der Waals surface area contributed by atoms with Crippen molar-refractivity contribution in [3.63, 3.8) is 0 Å². The Bertz CT molecular complexity index is 689. The van der Waals surface area contributed by atoms with Gasteiger partial charge in [0.1, 0.15) is 0 Å². The molecule has 2 aromatic rings. The molecule has 1 heterocycles. The van der Waals surface area contributed by atoms with E-state index < -0.39 is 5.41 Å². The topological polar surface area (TPSA) is 55.1 Å². The second kappa shape index (κ2) is 4.46. The average molecular weight is 266 g/mol. The Balaban J connectivity index is 2.10.